The Labute approximate surface area is 104 Å². The summed E-state index contributed by atoms with van der Waals surface area (Å²) in [6.45, 7) is 5.86. The van der Waals surface area contributed by atoms with Gasteiger partial charge >= 0.3 is 0 Å². The zero-order chi connectivity index (χ0) is 12.7. The van der Waals surface area contributed by atoms with Crippen LogP contribution in [0.5, 0.6) is 0 Å². The second kappa shape index (κ2) is 7.67. The van der Waals surface area contributed by atoms with Crippen molar-refractivity contribution in [1.82, 2.24) is 10.6 Å². The summed E-state index contributed by atoms with van der Waals surface area (Å²) in [5.41, 5.74) is 0. The second-order valence-corrected chi connectivity index (χ2v) is 5.29. The van der Waals surface area contributed by atoms with Gasteiger partial charge in [-0.1, -0.05) is 0 Å². The average Bonchev–Trinajstić information content (AvgIpc) is 2.26. The molecule has 1 amide bonds. The number of piperidine rings is 1. The van der Waals surface area contributed by atoms with E-state index in [1.54, 1.807) is 6.92 Å². The van der Waals surface area contributed by atoms with Crippen LogP contribution in [0.3, 0.4) is 0 Å². The van der Waals surface area contributed by atoms with Crippen LogP contribution in [-0.4, -0.2) is 36.2 Å². The molecule has 2 atom stereocenters. The number of nitrogens with one attached hydrogen (secondary N) is 2. The Balaban J connectivity index is 2.11. The third kappa shape index (κ3) is 6.64. The first kappa shape index (κ1) is 14.5. The monoisotopic (exact) mass is 242 g/mol. The number of carbonyl (C=O) groups excluding carboxylic acids is 1. The summed E-state index contributed by atoms with van der Waals surface area (Å²) >= 11 is 0. The number of carbonyl (C=O) groups is 1. The van der Waals surface area contributed by atoms with Gasteiger partial charge in [-0.15, -0.1) is 0 Å². The van der Waals surface area contributed by atoms with Crippen LogP contribution in [0.2, 0.25) is 0 Å². The molecule has 17 heavy (non-hydrogen) atoms. The highest BCUT2D eigenvalue weighted by Crippen LogP contribution is 2.17. The third-order valence-corrected chi connectivity index (χ3v) is 3.34. The topological polar surface area (TPSA) is 61.4 Å². The maximum atomic E-state index is 11.7. The Kier molecular flexibility index (Phi) is 6.52. The van der Waals surface area contributed by atoms with Gasteiger partial charge in [0.15, 0.2) is 0 Å². The van der Waals surface area contributed by atoms with Crippen molar-refractivity contribution < 1.29 is 9.90 Å². The van der Waals surface area contributed by atoms with E-state index in [-0.39, 0.29) is 18.1 Å². The number of aliphatic hydroxyl groups is 1. The van der Waals surface area contributed by atoms with E-state index in [4.69, 9.17) is 0 Å². The molecular weight excluding hydrogens is 216 g/mol. The molecule has 1 saturated heterocycles. The second-order valence-electron chi connectivity index (χ2n) is 5.29. The van der Waals surface area contributed by atoms with E-state index < -0.39 is 0 Å². The van der Waals surface area contributed by atoms with Crippen molar-refractivity contribution >= 4 is 5.91 Å². The minimum atomic E-state index is -0.352. The van der Waals surface area contributed by atoms with Crippen LogP contribution < -0.4 is 10.6 Å². The van der Waals surface area contributed by atoms with Gasteiger partial charge in [0.2, 0.25) is 5.91 Å². The zero-order valence-electron chi connectivity index (χ0n) is 11.0. The largest absolute Gasteiger partial charge is 0.393 e. The van der Waals surface area contributed by atoms with Crippen molar-refractivity contribution in [2.75, 3.05) is 13.1 Å². The average molecular weight is 242 g/mol. The quantitative estimate of drug-likeness (QED) is 0.652. The van der Waals surface area contributed by atoms with Gasteiger partial charge in [-0.3, -0.25) is 4.79 Å². The van der Waals surface area contributed by atoms with E-state index in [0.717, 1.165) is 19.5 Å². The van der Waals surface area contributed by atoms with Gasteiger partial charge in [-0.25, -0.2) is 0 Å². The van der Waals surface area contributed by atoms with Gasteiger partial charge in [0.1, 0.15) is 0 Å². The molecule has 0 saturated carbocycles. The number of amides is 1. The number of hydrogen-bond donors (Lipinski definition) is 3. The Morgan fingerprint density at radius 3 is 2.65 bits per heavy atom. The molecule has 4 heteroatoms. The van der Waals surface area contributed by atoms with E-state index in [0.29, 0.717) is 18.8 Å². The molecule has 1 rings (SSSR count). The fourth-order valence-corrected chi connectivity index (χ4v) is 2.42. The minimum absolute atomic E-state index is 0.0653. The molecule has 0 aromatic carbocycles. The molecule has 1 aliphatic rings. The van der Waals surface area contributed by atoms with Crippen molar-refractivity contribution in [2.24, 2.45) is 5.92 Å². The molecular formula is C13H26N2O2. The van der Waals surface area contributed by atoms with Gasteiger partial charge in [-0.2, -0.15) is 0 Å². The lowest BCUT2D eigenvalue weighted by Crippen LogP contribution is -2.35. The molecule has 1 fully saturated rings. The van der Waals surface area contributed by atoms with Crippen LogP contribution in [0.25, 0.3) is 0 Å². The van der Waals surface area contributed by atoms with Crippen molar-refractivity contribution in [3.05, 3.63) is 0 Å². The predicted molar refractivity (Wildman–Crippen MR) is 68.7 cm³/mol. The van der Waals surface area contributed by atoms with Crippen molar-refractivity contribution in [2.45, 2.75) is 58.1 Å². The number of hydrogen-bond acceptors (Lipinski definition) is 3. The minimum Gasteiger partial charge on any atom is -0.393 e. The summed E-state index contributed by atoms with van der Waals surface area (Å²) in [6.07, 6.45) is 4.27. The molecule has 0 aromatic heterocycles. The Morgan fingerprint density at radius 1 is 1.41 bits per heavy atom. The van der Waals surface area contributed by atoms with Crippen molar-refractivity contribution in [3.8, 4) is 0 Å². The highest BCUT2D eigenvalue weighted by atomic mass is 16.3. The molecule has 0 bridgehead atoms. The predicted octanol–water partition coefficient (Wildman–Crippen LogP) is 1.04. The van der Waals surface area contributed by atoms with Crippen LogP contribution in [0, 0.1) is 5.92 Å². The summed E-state index contributed by atoms with van der Waals surface area (Å²) in [7, 11) is 0. The highest BCUT2D eigenvalue weighted by molar-refractivity contribution is 5.76. The molecule has 3 N–H and O–H groups in total. The van der Waals surface area contributed by atoms with E-state index in [1.165, 1.54) is 12.8 Å². The number of rotatable bonds is 6. The Hall–Kier alpha value is -0.610. The summed E-state index contributed by atoms with van der Waals surface area (Å²) in [4.78, 5) is 11.7. The lowest BCUT2D eigenvalue weighted by molar-refractivity contribution is -0.122. The third-order valence-electron chi connectivity index (χ3n) is 3.34. The summed E-state index contributed by atoms with van der Waals surface area (Å²) in [5.74, 6) is 0.825. The van der Waals surface area contributed by atoms with E-state index >= 15 is 0 Å². The van der Waals surface area contributed by atoms with Gasteiger partial charge in [0.05, 0.1) is 6.10 Å². The van der Waals surface area contributed by atoms with Crippen LogP contribution in [0.15, 0.2) is 0 Å². The van der Waals surface area contributed by atoms with Crippen molar-refractivity contribution in [3.63, 3.8) is 0 Å². The maximum Gasteiger partial charge on any atom is 0.220 e. The van der Waals surface area contributed by atoms with Gasteiger partial charge < -0.3 is 15.7 Å². The summed E-state index contributed by atoms with van der Waals surface area (Å²) in [5, 5.41) is 15.5. The molecule has 0 spiro atoms. The lowest BCUT2D eigenvalue weighted by Gasteiger charge is -2.22. The molecule has 0 radical (unpaired) electrons. The molecule has 1 aliphatic heterocycles. The smallest absolute Gasteiger partial charge is 0.220 e. The standard InChI is InChI=1S/C13H26N2O2/c1-10(9-11(2)16)15-13(17)4-3-12-5-7-14-8-6-12/h10-12,14,16H,3-9H2,1-2H3,(H,15,17). The SMILES string of the molecule is CC(O)CC(C)NC(=O)CCC1CCNCC1. The number of aliphatic hydroxyl groups excluding tert-OH is 1. The van der Waals surface area contributed by atoms with E-state index in [1.807, 2.05) is 6.92 Å². The Bertz CT molecular complexity index is 225. The van der Waals surface area contributed by atoms with Crippen molar-refractivity contribution in [1.29, 1.82) is 0 Å². The van der Waals surface area contributed by atoms with Crippen LogP contribution in [0.1, 0.15) is 46.0 Å². The fourth-order valence-electron chi connectivity index (χ4n) is 2.42. The maximum absolute atomic E-state index is 11.7. The van der Waals surface area contributed by atoms with Gasteiger partial charge in [0.25, 0.3) is 0 Å². The first-order valence-corrected chi connectivity index (χ1v) is 6.76. The lowest BCUT2D eigenvalue weighted by atomic mass is 9.93. The van der Waals surface area contributed by atoms with Gasteiger partial charge in [0, 0.05) is 12.5 Å². The first-order chi connectivity index (χ1) is 8.08. The summed E-state index contributed by atoms with van der Waals surface area (Å²) < 4.78 is 0. The van der Waals surface area contributed by atoms with Crippen LogP contribution in [-0.2, 0) is 4.79 Å². The van der Waals surface area contributed by atoms with Crippen LogP contribution >= 0.6 is 0 Å². The molecule has 1 heterocycles. The normalized spacial score (nSPS) is 20.9. The molecule has 100 valence electrons. The fraction of sp³-hybridized carbons (Fsp3) is 0.923. The van der Waals surface area contributed by atoms with E-state index in [9.17, 15) is 9.90 Å². The molecule has 4 nitrogen and oxygen atoms in total. The highest BCUT2D eigenvalue weighted by Gasteiger charge is 2.15. The molecule has 0 aromatic rings. The molecule has 2 unspecified atom stereocenters. The zero-order valence-corrected chi connectivity index (χ0v) is 11.0. The van der Waals surface area contributed by atoms with E-state index in [2.05, 4.69) is 10.6 Å². The molecule has 0 aliphatic carbocycles. The Morgan fingerprint density at radius 2 is 2.06 bits per heavy atom. The summed E-state index contributed by atoms with van der Waals surface area (Å²) in [6, 6.07) is 0.0653. The van der Waals surface area contributed by atoms with Crippen LogP contribution in [0.4, 0.5) is 0 Å². The first-order valence-electron chi connectivity index (χ1n) is 6.76. The van der Waals surface area contributed by atoms with Gasteiger partial charge in [-0.05, 0) is 58.5 Å².